The second-order valence-electron chi connectivity index (χ2n) is 14.9. The van der Waals surface area contributed by atoms with Gasteiger partial charge in [0, 0.05) is 11.8 Å². The summed E-state index contributed by atoms with van der Waals surface area (Å²) in [6.07, 6.45) is 0.839. The van der Waals surface area contributed by atoms with Crippen molar-refractivity contribution < 1.29 is 0 Å². The van der Waals surface area contributed by atoms with Crippen molar-refractivity contribution in [2.45, 2.75) is 13.3 Å². The smallest absolute Gasteiger partial charge is 0.114 e. The lowest BCUT2D eigenvalue weighted by molar-refractivity contribution is 0.913. The molecule has 11 aromatic rings. The van der Waals surface area contributed by atoms with E-state index in [1.165, 1.54) is 87.6 Å². The van der Waals surface area contributed by atoms with Crippen molar-refractivity contribution in [2.75, 3.05) is 0 Å². The van der Waals surface area contributed by atoms with E-state index in [0.29, 0.717) is 0 Å². The van der Waals surface area contributed by atoms with Crippen LogP contribution >= 0.6 is 0 Å². The largest absolute Gasteiger partial charge is 0.296 e. The summed E-state index contributed by atoms with van der Waals surface area (Å²) in [5, 5.41) is 9.85. The lowest BCUT2D eigenvalue weighted by atomic mass is 9.82. The van der Waals surface area contributed by atoms with E-state index in [4.69, 9.17) is 4.98 Å². The third-order valence-electron chi connectivity index (χ3n) is 11.7. The molecular formula is C55H38N2. The first-order valence-corrected chi connectivity index (χ1v) is 19.9. The zero-order valence-corrected chi connectivity index (χ0v) is 31.7. The van der Waals surface area contributed by atoms with Gasteiger partial charge in [-0.2, -0.15) is 0 Å². The summed E-state index contributed by atoms with van der Waals surface area (Å²) >= 11 is 0. The van der Waals surface area contributed by atoms with Gasteiger partial charge in [-0.05, 0) is 119 Å². The van der Waals surface area contributed by atoms with Crippen LogP contribution in [-0.4, -0.2) is 9.55 Å². The van der Waals surface area contributed by atoms with Gasteiger partial charge in [0.1, 0.15) is 5.82 Å². The summed E-state index contributed by atoms with van der Waals surface area (Å²) in [5.41, 5.74) is 13.1. The zero-order valence-electron chi connectivity index (χ0n) is 31.7. The van der Waals surface area contributed by atoms with Gasteiger partial charge in [0.2, 0.25) is 0 Å². The average Bonchev–Trinajstić information content (AvgIpc) is 3.66. The van der Waals surface area contributed by atoms with Crippen molar-refractivity contribution in [2.24, 2.45) is 0 Å². The highest BCUT2D eigenvalue weighted by atomic mass is 15.1. The number of fused-ring (bicyclic) bond motifs is 5. The number of aromatic nitrogens is 2. The predicted molar refractivity (Wildman–Crippen MR) is 242 cm³/mol. The highest BCUT2D eigenvalue weighted by Gasteiger charge is 2.22. The molecule has 0 aliphatic heterocycles. The molecule has 1 aromatic heterocycles. The minimum atomic E-state index is 0.839. The molecule has 1 heterocycles. The highest BCUT2D eigenvalue weighted by Crippen LogP contribution is 2.49. The van der Waals surface area contributed by atoms with Crippen LogP contribution in [0.5, 0.6) is 0 Å². The van der Waals surface area contributed by atoms with Crippen LogP contribution in [0.15, 0.2) is 200 Å². The van der Waals surface area contributed by atoms with Crippen LogP contribution in [0.1, 0.15) is 12.7 Å². The standard InChI is InChI=1S/C55H38N2/c1-2-53-56-50-27-15-16-28-52(50)57(53)51-32-31-46(42-23-11-12-24-43(42)51)54-44-25-13-14-26-45(44)55(49-34-38(29-30-47(49)54)36-17-5-3-6-18-36)48-35-40(37-19-7-4-8-20-37)33-39-21-9-10-22-41(39)48/h3-35H,2H2,1H3. The van der Waals surface area contributed by atoms with E-state index in [-0.39, 0.29) is 0 Å². The van der Waals surface area contributed by atoms with Gasteiger partial charge < -0.3 is 0 Å². The molecule has 0 unspecified atom stereocenters. The van der Waals surface area contributed by atoms with Gasteiger partial charge in [0.05, 0.1) is 16.7 Å². The fraction of sp³-hybridized carbons (Fsp3) is 0.0364. The quantitative estimate of drug-likeness (QED) is 0.156. The number of rotatable bonds is 6. The second kappa shape index (κ2) is 13.5. The van der Waals surface area contributed by atoms with E-state index < -0.39 is 0 Å². The van der Waals surface area contributed by atoms with Crippen molar-refractivity contribution >= 4 is 54.1 Å². The topological polar surface area (TPSA) is 17.8 Å². The average molecular weight is 727 g/mol. The SMILES string of the molecule is CCc1nc2ccccc2n1-c1ccc(-c2c3ccccc3c(-c3cc(-c4ccccc4)cc4ccccc34)c3cc(-c4ccccc4)ccc23)c2ccccc12. The Labute approximate surface area is 331 Å². The van der Waals surface area contributed by atoms with Crippen LogP contribution in [0.25, 0.3) is 104 Å². The number of para-hydroxylation sites is 2. The minimum absolute atomic E-state index is 0.839. The third kappa shape index (κ3) is 5.37. The zero-order chi connectivity index (χ0) is 37.9. The number of hydrogen-bond donors (Lipinski definition) is 0. The lowest BCUT2D eigenvalue weighted by Crippen LogP contribution is -2.01. The Bertz CT molecular complexity index is 3320. The Balaban J connectivity index is 1.26. The number of aryl methyl sites for hydroxylation is 1. The van der Waals surface area contributed by atoms with Gasteiger partial charge >= 0.3 is 0 Å². The molecule has 0 bridgehead atoms. The van der Waals surface area contributed by atoms with Crippen LogP contribution < -0.4 is 0 Å². The molecule has 2 heteroatoms. The molecule has 0 fully saturated rings. The van der Waals surface area contributed by atoms with E-state index in [1.807, 2.05) is 0 Å². The maximum atomic E-state index is 5.06. The van der Waals surface area contributed by atoms with E-state index >= 15 is 0 Å². The van der Waals surface area contributed by atoms with Gasteiger partial charge in [0.25, 0.3) is 0 Å². The summed E-state index contributed by atoms with van der Waals surface area (Å²) < 4.78 is 2.36. The van der Waals surface area contributed by atoms with Crippen molar-refractivity contribution in [1.29, 1.82) is 0 Å². The molecule has 0 atom stereocenters. The molecule has 268 valence electrons. The molecule has 0 saturated heterocycles. The first-order valence-electron chi connectivity index (χ1n) is 19.9. The number of hydrogen-bond acceptors (Lipinski definition) is 1. The number of benzene rings is 10. The second-order valence-corrected chi connectivity index (χ2v) is 14.9. The normalized spacial score (nSPS) is 11.7. The van der Waals surface area contributed by atoms with Gasteiger partial charge in [-0.15, -0.1) is 0 Å². The molecule has 0 saturated carbocycles. The predicted octanol–water partition coefficient (Wildman–Crippen LogP) is 14.9. The van der Waals surface area contributed by atoms with Crippen molar-refractivity contribution in [3.05, 3.63) is 206 Å². The molecule has 0 radical (unpaired) electrons. The highest BCUT2D eigenvalue weighted by molar-refractivity contribution is 6.26. The molecule has 0 aliphatic rings. The van der Waals surface area contributed by atoms with Gasteiger partial charge in [-0.25, -0.2) is 4.98 Å². The maximum absolute atomic E-state index is 5.06. The van der Waals surface area contributed by atoms with Gasteiger partial charge in [-0.3, -0.25) is 4.57 Å². The van der Waals surface area contributed by atoms with Crippen LogP contribution in [-0.2, 0) is 6.42 Å². The molecule has 11 rings (SSSR count). The molecule has 10 aromatic carbocycles. The molecule has 0 spiro atoms. The van der Waals surface area contributed by atoms with Crippen molar-refractivity contribution in [3.63, 3.8) is 0 Å². The Kier molecular flexibility index (Phi) is 7.82. The Morgan fingerprint density at radius 1 is 0.386 bits per heavy atom. The van der Waals surface area contributed by atoms with Crippen molar-refractivity contribution in [1.82, 2.24) is 9.55 Å². The van der Waals surface area contributed by atoms with E-state index in [9.17, 15) is 0 Å². The Morgan fingerprint density at radius 2 is 0.965 bits per heavy atom. The Morgan fingerprint density at radius 3 is 1.70 bits per heavy atom. The van der Waals surface area contributed by atoms with E-state index in [0.717, 1.165) is 29.0 Å². The van der Waals surface area contributed by atoms with Crippen LogP contribution in [0.2, 0.25) is 0 Å². The fourth-order valence-electron chi connectivity index (χ4n) is 9.16. The monoisotopic (exact) mass is 726 g/mol. The molecule has 0 amide bonds. The van der Waals surface area contributed by atoms with Gasteiger partial charge in [-0.1, -0.05) is 171 Å². The minimum Gasteiger partial charge on any atom is -0.296 e. The lowest BCUT2D eigenvalue weighted by Gasteiger charge is -2.22. The maximum Gasteiger partial charge on any atom is 0.114 e. The summed E-state index contributed by atoms with van der Waals surface area (Å²) in [7, 11) is 0. The molecule has 57 heavy (non-hydrogen) atoms. The first kappa shape index (κ1) is 33.1. The molecule has 0 aliphatic carbocycles. The molecule has 2 nitrogen and oxygen atoms in total. The van der Waals surface area contributed by atoms with E-state index in [2.05, 4.69) is 212 Å². The number of nitrogens with zero attached hydrogens (tertiary/aromatic N) is 2. The molecular weight excluding hydrogens is 689 g/mol. The summed E-state index contributed by atoms with van der Waals surface area (Å²) in [5.74, 6) is 1.06. The van der Waals surface area contributed by atoms with Gasteiger partial charge in [0.15, 0.2) is 0 Å². The third-order valence-corrected chi connectivity index (χ3v) is 11.7. The van der Waals surface area contributed by atoms with Crippen LogP contribution in [0, 0.1) is 0 Å². The molecule has 0 N–H and O–H groups in total. The number of imidazole rings is 1. The van der Waals surface area contributed by atoms with Crippen molar-refractivity contribution in [3.8, 4) is 50.2 Å². The Hall–Kier alpha value is -7.29. The van der Waals surface area contributed by atoms with E-state index in [1.54, 1.807) is 0 Å². The summed E-state index contributed by atoms with van der Waals surface area (Å²) in [6.45, 7) is 2.19. The van der Waals surface area contributed by atoms with Crippen LogP contribution in [0.4, 0.5) is 0 Å². The fourth-order valence-corrected chi connectivity index (χ4v) is 9.16. The summed E-state index contributed by atoms with van der Waals surface area (Å²) in [6, 6.07) is 73.4. The van der Waals surface area contributed by atoms with Crippen LogP contribution in [0.3, 0.4) is 0 Å². The summed E-state index contributed by atoms with van der Waals surface area (Å²) in [4.78, 5) is 5.06. The first-order chi connectivity index (χ1) is 28.2.